The van der Waals surface area contributed by atoms with E-state index in [0.717, 1.165) is 23.4 Å². The van der Waals surface area contributed by atoms with E-state index in [1.54, 1.807) is 9.58 Å². The molecule has 5 rings (SSSR count). The Balaban J connectivity index is 1.42. The fourth-order valence-corrected chi connectivity index (χ4v) is 3.72. The van der Waals surface area contributed by atoms with Crippen molar-refractivity contribution in [2.24, 2.45) is 0 Å². The highest BCUT2D eigenvalue weighted by Gasteiger charge is 2.32. The van der Waals surface area contributed by atoms with Crippen LogP contribution in [-0.4, -0.2) is 27.4 Å². The number of carbonyl (C=O) groups excluding carboxylic acids is 1. The minimum Gasteiger partial charge on any atom is -0.365 e. The second kappa shape index (κ2) is 6.07. The monoisotopic (exact) mass is 346 g/mol. The molecule has 3 aromatic rings. The summed E-state index contributed by atoms with van der Waals surface area (Å²) in [5.41, 5.74) is 4.43. The molecule has 0 radical (unpaired) electrons. The van der Waals surface area contributed by atoms with E-state index >= 15 is 0 Å². The number of hydrogen-bond acceptors (Lipinski definition) is 4. The molecule has 130 valence electrons. The first-order valence-electron chi connectivity index (χ1n) is 8.80. The molecule has 1 atom stereocenters. The van der Waals surface area contributed by atoms with Crippen LogP contribution in [0.2, 0.25) is 0 Å². The second-order valence-electron chi connectivity index (χ2n) is 6.61. The third kappa shape index (κ3) is 2.42. The zero-order valence-corrected chi connectivity index (χ0v) is 14.2. The van der Waals surface area contributed by atoms with E-state index in [-0.39, 0.29) is 12.0 Å². The topological polar surface area (TPSA) is 60.3 Å². The largest absolute Gasteiger partial charge is 0.365 e. The Morgan fingerprint density at radius 3 is 2.77 bits per heavy atom. The number of para-hydroxylation sites is 1. The number of amides is 1. The molecule has 2 aliphatic heterocycles. The highest BCUT2D eigenvalue weighted by Crippen LogP contribution is 2.31. The Bertz CT molecular complexity index is 967. The van der Waals surface area contributed by atoms with Gasteiger partial charge in [0, 0.05) is 12.2 Å². The Morgan fingerprint density at radius 2 is 1.88 bits per heavy atom. The quantitative estimate of drug-likeness (QED) is 0.716. The van der Waals surface area contributed by atoms with Crippen molar-refractivity contribution in [3.8, 4) is 0 Å². The van der Waals surface area contributed by atoms with Gasteiger partial charge >= 0.3 is 0 Å². The molecule has 0 saturated carbocycles. The summed E-state index contributed by atoms with van der Waals surface area (Å²) >= 11 is 0. The minimum absolute atomic E-state index is 0.0686. The Kier molecular flexibility index (Phi) is 3.57. The Labute approximate surface area is 151 Å². The van der Waals surface area contributed by atoms with Crippen molar-refractivity contribution in [2.75, 3.05) is 11.4 Å². The lowest BCUT2D eigenvalue weighted by atomic mass is 10.1. The van der Waals surface area contributed by atoms with E-state index in [4.69, 9.17) is 4.74 Å². The van der Waals surface area contributed by atoms with Crippen LogP contribution in [0.4, 0.5) is 5.69 Å². The highest BCUT2D eigenvalue weighted by molar-refractivity contribution is 6.06. The third-order valence-corrected chi connectivity index (χ3v) is 5.10. The van der Waals surface area contributed by atoms with Gasteiger partial charge in [-0.3, -0.25) is 4.79 Å². The summed E-state index contributed by atoms with van der Waals surface area (Å²) in [6, 6.07) is 18.1. The second-order valence-corrected chi connectivity index (χ2v) is 6.61. The zero-order valence-electron chi connectivity index (χ0n) is 14.2. The number of carbonyl (C=O) groups is 1. The number of anilines is 1. The SMILES string of the molecule is O=C(c1nnn2c1COC(c1ccccc1)C2)N1CCc2ccccc21. The van der Waals surface area contributed by atoms with E-state index in [1.165, 1.54) is 5.56 Å². The molecular formula is C20H18N4O2. The third-order valence-electron chi connectivity index (χ3n) is 5.10. The van der Waals surface area contributed by atoms with Crippen LogP contribution in [0.3, 0.4) is 0 Å². The van der Waals surface area contributed by atoms with Crippen LogP contribution in [0.25, 0.3) is 0 Å². The molecule has 26 heavy (non-hydrogen) atoms. The number of ether oxygens (including phenoxy) is 1. The maximum Gasteiger partial charge on any atom is 0.280 e. The molecule has 1 aromatic heterocycles. The van der Waals surface area contributed by atoms with Gasteiger partial charge in [0.25, 0.3) is 5.91 Å². The first kappa shape index (κ1) is 15.3. The van der Waals surface area contributed by atoms with Gasteiger partial charge in [-0.1, -0.05) is 53.7 Å². The van der Waals surface area contributed by atoms with Crippen LogP contribution in [0.5, 0.6) is 0 Å². The maximum atomic E-state index is 13.0. The van der Waals surface area contributed by atoms with Gasteiger partial charge in [0.05, 0.1) is 18.8 Å². The normalized spacial score (nSPS) is 18.5. The predicted octanol–water partition coefficient (Wildman–Crippen LogP) is 2.75. The fourth-order valence-electron chi connectivity index (χ4n) is 3.72. The maximum absolute atomic E-state index is 13.0. The predicted molar refractivity (Wildman–Crippen MR) is 95.8 cm³/mol. The van der Waals surface area contributed by atoms with Crippen LogP contribution in [0.15, 0.2) is 54.6 Å². The molecule has 0 aliphatic carbocycles. The lowest BCUT2D eigenvalue weighted by molar-refractivity contribution is -0.00173. The van der Waals surface area contributed by atoms with Gasteiger partial charge in [0.2, 0.25) is 0 Å². The van der Waals surface area contributed by atoms with Crippen molar-refractivity contribution in [1.82, 2.24) is 15.0 Å². The molecular weight excluding hydrogens is 328 g/mol. The van der Waals surface area contributed by atoms with Crippen molar-refractivity contribution in [1.29, 1.82) is 0 Å². The van der Waals surface area contributed by atoms with Crippen molar-refractivity contribution >= 4 is 11.6 Å². The average Bonchev–Trinajstić information content (AvgIpc) is 3.32. The molecule has 2 aromatic carbocycles. The molecule has 3 heterocycles. The Hall–Kier alpha value is -2.99. The number of fused-ring (bicyclic) bond motifs is 2. The van der Waals surface area contributed by atoms with Gasteiger partial charge in [-0.2, -0.15) is 0 Å². The van der Waals surface area contributed by atoms with Crippen LogP contribution >= 0.6 is 0 Å². The summed E-state index contributed by atoms with van der Waals surface area (Å²) in [6.45, 7) is 1.58. The molecule has 0 N–H and O–H groups in total. The zero-order chi connectivity index (χ0) is 17.5. The van der Waals surface area contributed by atoms with Gasteiger partial charge in [-0.05, 0) is 23.6 Å². The molecule has 0 saturated heterocycles. The molecule has 0 bridgehead atoms. The lowest BCUT2D eigenvalue weighted by Gasteiger charge is -2.24. The van der Waals surface area contributed by atoms with Crippen molar-refractivity contribution in [3.05, 3.63) is 77.1 Å². The number of nitrogens with zero attached hydrogens (tertiary/aromatic N) is 4. The van der Waals surface area contributed by atoms with Gasteiger partial charge in [0.15, 0.2) is 5.69 Å². The van der Waals surface area contributed by atoms with Crippen LogP contribution < -0.4 is 4.90 Å². The number of rotatable bonds is 2. The van der Waals surface area contributed by atoms with Gasteiger partial charge in [-0.15, -0.1) is 5.10 Å². The molecule has 6 heteroatoms. The summed E-state index contributed by atoms with van der Waals surface area (Å²) < 4.78 is 7.80. The molecule has 0 spiro atoms. The standard InChI is InChI=1S/C20H18N4O2/c25-20(23-11-10-14-6-4-5-9-16(14)23)19-17-13-26-18(12-24(17)22-21-19)15-7-2-1-3-8-15/h1-9,18H,10-13H2. The fraction of sp³-hybridized carbons (Fsp3) is 0.250. The lowest BCUT2D eigenvalue weighted by Crippen LogP contribution is -2.31. The van der Waals surface area contributed by atoms with E-state index < -0.39 is 0 Å². The minimum atomic E-state index is -0.0991. The van der Waals surface area contributed by atoms with E-state index in [9.17, 15) is 4.79 Å². The molecule has 0 fully saturated rings. The van der Waals surface area contributed by atoms with Crippen molar-refractivity contribution in [3.63, 3.8) is 0 Å². The first-order chi connectivity index (χ1) is 12.8. The van der Waals surface area contributed by atoms with Crippen LogP contribution in [0.1, 0.15) is 33.4 Å². The van der Waals surface area contributed by atoms with Gasteiger partial charge in [-0.25, -0.2) is 4.68 Å². The summed E-state index contributed by atoms with van der Waals surface area (Å²) in [6.07, 6.45) is 0.804. The van der Waals surface area contributed by atoms with Crippen LogP contribution in [0, 0.1) is 0 Å². The Morgan fingerprint density at radius 1 is 1.08 bits per heavy atom. The van der Waals surface area contributed by atoms with E-state index in [1.807, 2.05) is 48.5 Å². The smallest absolute Gasteiger partial charge is 0.280 e. The first-order valence-corrected chi connectivity index (χ1v) is 8.80. The summed E-state index contributed by atoms with van der Waals surface area (Å²) in [5, 5.41) is 8.41. The number of hydrogen-bond donors (Lipinski definition) is 0. The highest BCUT2D eigenvalue weighted by atomic mass is 16.5. The van der Waals surface area contributed by atoms with Crippen molar-refractivity contribution < 1.29 is 9.53 Å². The molecule has 2 aliphatic rings. The summed E-state index contributed by atoms with van der Waals surface area (Å²) in [4.78, 5) is 14.8. The molecule has 1 amide bonds. The van der Waals surface area contributed by atoms with Crippen LogP contribution in [-0.2, 0) is 24.3 Å². The van der Waals surface area contributed by atoms with Gasteiger partial charge < -0.3 is 9.64 Å². The summed E-state index contributed by atoms with van der Waals surface area (Å²) in [5.74, 6) is -0.0991. The molecule has 6 nitrogen and oxygen atoms in total. The molecule has 1 unspecified atom stereocenters. The number of aromatic nitrogens is 3. The van der Waals surface area contributed by atoms with Gasteiger partial charge in [0.1, 0.15) is 6.10 Å². The van der Waals surface area contributed by atoms with Crippen molar-refractivity contribution in [2.45, 2.75) is 25.7 Å². The summed E-state index contributed by atoms with van der Waals surface area (Å²) in [7, 11) is 0. The number of benzene rings is 2. The van der Waals surface area contributed by atoms with E-state index in [0.29, 0.717) is 25.4 Å². The average molecular weight is 346 g/mol. The van der Waals surface area contributed by atoms with E-state index in [2.05, 4.69) is 16.4 Å².